The number of carboxylic acids is 1. The first-order valence-corrected chi connectivity index (χ1v) is 8.75. The summed E-state index contributed by atoms with van der Waals surface area (Å²) >= 11 is 0. The first-order valence-electron chi connectivity index (χ1n) is 7.10. The van der Waals surface area contributed by atoms with E-state index in [0.29, 0.717) is 12.3 Å². The van der Waals surface area contributed by atoms with E-state index in [2.05, 4.69) is 10.1 Å². The zero-order valence-corrected chi connectivity index (χ0v) is 13.1. The van der Waals surface area contributed by atoms with Gasteiger partial charge in [0.2, 0.25) is 0 Å². The van der Waals surface area contributed by atoms with Crippen LogP contribution < -0.4 is 0 Å². The van der Waals surface area contributed by atoms with Crippen molar-refractivity contribution in [2.45, 2.75) is 37.3 Å². The minimum Gasteiger partial charge on any atom is -0.476 e. The maximum atomic E-state index is 12.2. The molecule has 1 aromatic rings. The van der Waals surface area contributed by atoms with E-state index < -0.39 is 27.6 Å². The topological polar surface area (TPSA) is 111 Å². The maximum absolute atomic E-state index is 12.2. The van der Waals surface area contributed by atoms with Crippen molar-refractivity contribution in [3.05, 3.63) is 11.5 Å². The van der Waals surface area contributed by atoms with E-state index in [1.165, 1.54) is 18.5 Å². The minimum absolute atomic E-state index is 0.193. The third-order valence-corrected chi connectivity index (χ3v) is 5.80. The van der Waals surface area contributed by atoms with Crippen LogP contribution in [0.4, 0.5) is 0 Å². The number of carboxylic acid groups (broad SMARTS) is 1. The lowest BCUT2D eigenvalue weighted by Crippen LogP contribution is -2.15. The van der Waals surface area contributed by atoms with E-state index >= 15 is 0 Å². The normalized spacial score (nSPS) is 21.5. The molecular formula is C13H17N3O5S. The summed E-state index contributed by atoms with van der Waals surface area (Å²) in [6.45, 7) is 1.47. The van der Waals surface area contributed by atoms with Crippen molar-refractivity contribution >= 4 is 21.5 Å². The van der Waals surface area contributed by atoms with E-state index in [1.54, 1.807) is 0 Å². The second-order valence-corrected chi connectivity index (χ2v) is 7.74. The van der Waals surface area contributed by atoms with E-state index in [9.17, 15) is 18.3 Å². The molecule has 9 heteroatoms. The molecule has 1 atom stereocenters. The standard InChI is InChI=1S/C13H17N3O5S/c1-3-22(19,20)12-10(13(17)18)14-11(16(12)2)9-6-8(15-21-9)7-4-5-7/h7,9H,3-6H2,1-2H3,(H,17,18). The van der Waals surface area contributed by atoms with Crippen molar-refractivity contribution in [1.29, 1.82) is 0 Å². The molecule has 22 heavy (non-hydrogen) atoms. The Bertz CT molecular complexity index is 761. The van der Waals surface area contributed by atoms with Gasteiger partial charge in [-0.15, -0.1) is 0 Å². The fraction of sp³-hybridized carbons (Fsp3) is 0.615. The van der Waals surface area contributed by atoms with E-state index in [4.69, 9.17) is 4.84 Å². The average molecular weight is 327 g/mol. The highest BCUT2D eigenvalue weighted by molar-refractivity contribution is 7.91. The van der Waals surface area contributed by atoms with Crippen LogP contribution >= 0.6 is 0 Å². The fourth-order valence-electron chi connectivity index (χ4n) is 2.61. The number of carbonyl (C=O) groups is 1. The van der Waals surface area contributed by atoms with Crippen LogP contribution in [-0.4, -0.2) is 40.5 Å². The van der Waals surface area contributed by atoms with Crippen molar-refractivity contribution < 1.29 is 23.2 Å². The van der Waals surface area contributed by atoms with Crippen molar-refractivity contribution in [3.8, 4) is 0 Å². The lowest BCUT2D eigenvalue weighted by atomic mass is 10.1. The van der Waals surface area contributed by atoms with Crippen LogP contribution in [0.15, 0.2) is 10.2 Å². The molecule has 1 fully saturated rings. The Hall–Kier alpha value is -1.90. The average Bonchev–Trinajstić information content (AvgIpc) is 3.08. The monoisotopic (exact) mass is 327 g/mol. The van der Waals surface area contributed by atoms with Gasteiger partial charge in [0.05, 0.1) is 11.5 Å². The minimum atomic E-state index is -3.70. The van der Waals surface area contributed by atoms with Crippen molar-refractivity contribution in [1.82, 2.24) is 9.55 Å². The van der Waals surface area contributed by atoms with Gasteiger partial charge in [-0.05, 0) is 12.8 Å². The highest BCUT2D eigenvalue weighted by Gasteiger charge is 2.38. The molecule has 0 bridgehead atoms. The molecule has 2 heterocycles. The number of oxime groups is 1. The number of imidazole rings is 1. The molecular weight excluding hydrogens is 310 g/mol. The molecule has 1 unspecified atom stereocenters. The molecule has 8 nitrogen and oxygen atoms in total. The molecule has 2 aliphatic rings. The van der Waals surface area contributed by atoms with Crippen LogP contribution in [0.2, 0.25) is 0 Å². The third-order valence-electron chi connectivity index (χ3n) is 3.98. The number of sulfone groups is 1. The number of aromatic carboxylic acids is 1. The number of hydrogen-bond acceptors (Lipinski definition) is 6. The molecule has 1 N–H and O–H groups in total. The van der Waals surface area contributed by atoms with Gasteiger partial charge in [0.1, 0.15) is 0 Å². The van der Waals surface area contributed by atoms with Gasteiger partial charge in [-0.3, -0.25) is 0 Å². The van der Waals surface area contributed by atoms with E-state index in [1.807, 2.05) is 0 Å². The first-order chi connectivity index (χ1) is 10.3. The summed E-state index contributed by atoms with van der Waals surface area (Å²) in [4.78, 5) is 20.7. The summed E-state index contributed by atoms with van der Waals surface area (Å²) in [7, 11) is -2.21. The number of nitrogens with zero attached hydrogens (tertiary/aromatic N) is 3. The van der Waals surface area contributed by atoms with Gasteiger partial charge in [0.25, 0.3) is 0 Å². The Labute approximate surface area is 127 Å². The second-order valence-electron chi connectivity index (χ2n) is 5.55. The molecule has 0 radical (unpaired) electrons. The molecule has 1 aliphatic carbocycles. The molecule has 3 rings (SSSR count). The predicted molar refractivity (Wildman–Crippen MR) is 76.5 cm³/mol. The summed E-state index contributed by atoms with van der Waals surface area (Å²) in [5.41, 5.74) is 0.493. The maximum Gasteiger partial charge on any atom is 0.357 e. The smallest absolute Gasteiger partial charge is 0.357 e. The van der Waals surface area contributed by atoms with Crippen LogP contribution in [0.5, 0.6) is 0 Å². The van der Waals surface area contributed by atoms with Crippen LogP contribution in [-0.2, 0) is 21.7 Å². The zero-order chi connectivity index (χ0) is 16.1. The van der Waals surface area contributed by atoms with Gasteiger partial charge in [0, 0.05) is 19.4 Å². The molecule has 0 amide bonds. The van der Waals surface area contributed by atoms with Crippen LogP contribution in [0, 0.1) is 5.92 Å². The number of aromatic nitrogens is 2. The lowest BCUT2D eigenvalue weighted by Gasteiger charge is -2.09. The second kappa shape index (κ2) is 5.08. The van der Waals surface area contributed by atoms with Gasteiger partial charge in [-0.25, -0.2) is 18.2 Å². The highest BCUT2D eigenvalue weighted by Crippen LogP contribution is 2.39. The molecule has 1 saturated carbocycles. The number of hydrogen-bond donors (Lipinski definition) is 1. The third kappa shape index (κ3) is 2.39. The van der Waals surface area contributed by atoms with E-state index in [0.717, 1.165) is 18.6 Å². The van der Waals surface area contributed by atoms with Crippen molar-refractivity contribution in [3.63, 3.8) is 0 Å². The molecule has 0 aromatic carbocycles. The summed E-state index contributed by atoms with van der Waals surface area (Å²) in [5.74, 6) is -0.830. The summed E-state index contributed by atoms with van der Waals surface area (Å²) in [6.07, 6.45) is 2.18. The Morgan fingerprint density at radius 2 is 2.14 bits per heavy atom. The fourth-order valence-corrected chi connectivity index (χ4v) is 3.82. The summed E-state index contributed by atoms with van der Waals surface area (Å²) < 4.78 is 25.6. The highest BCUT2D eigenvalue weighted by atomic mass is 32.2. The Kier molecular flexibility index (Phi) is 3.47. The summed E-state index contributed by atoms with van der Waals surface area (Å²) in [6, 6.07) is 0. The van der Waals surface area contributed by atoms with Crippen molar-refractivity contribution in [2.24, 2.45) is 18.1 Å². The van der Waals surface area contributed by atoms with Gasteiger partial charge in [-0.1, -0.05) is 12.1 Å². The molecule has 0 saturated heterocycles. The lowest BCUT2D eigenvalue weighted by molar-refractivity contribution is 0.0683. The SMILES string of the molecule is CCS(=O)(=O)c1c(C(=O)O)nc(C2CC(C3CC3)=NO2)n1C. The van der Waals surface area contributed by atoms with Gasteiger partial charge >= 0.3 is 5.97 Å². The largest absolute Gasteiger partial charge is 0.476 e. The number of rotatable bonds is 5. The first kappa shape index (κ1) is 15.0. The summed E-state index contributed by atoms with van der Waals surface area (Å²) in [5, 5.41) is 13.0. The van der Waals surface area contributed by atoms with Gasteiger partial charge in [0.15, 0.2) is 32.5 Å². The predicted octanol–water partition coefficient (Wildman–Crippen LogP) is 1.14. The van der Waals surface area contributed by atoms with E-state index in [-0.39, 0.29) is 16.6 Å². The Morgan fingerprint density at radius 3 is 2.68 bits per heavy atom. The quantitative estimate of drug-likeness (QED) is 0.868. The van der Waals surface area contributed by atoms with Crippen molar-refractivity contribution in [2.75, 3.05) is 5.75 Å². The van der Waals surface area contributed by atoms with Crippen LogP contribution in [0.1, 0.15) is 48.6 Å². The van der Waals surface area contributed by atoms with Crippen LogP contribution in [0.3, 0.4) is 0 Å². The molecule has 120 valence electrons. The molecule has 1 aromatic heterocycles. The van der Waals surface area contributed by atoms with Gasteiger partial charge < -0.3 is 14.5 Å². The van der Waals surface area contributed by atoms with Crippen LogP contribution in [0.25, 0.3) is 0 Å². The zero-order valence-electron chi connectivity index (χ0n) is 12.3. The molecule has 1 aliphatic heterocycles. The van der Waals surface area contributed by atoms with Gasteiger partial charge in [-0.2, -0.15) is 0 Å². The molecule has 0 spiro atoms. The Balaban J connectivity index is 2.00. The Morgan fingerprint density at radius 1 is 1.45 bits per heavy atom.